The van der Waals surface area contributed by atoms with Crippen LogP contribution in [-0.2, 0) is 9.59 Å². The molecule has 3 amide bonds. The molecule has 3 rings (SSSR count). The lowest BCUT2D eigenvalue weighted by Crippen LogP contribution is -2.43. The van der Waals surface area contributed by atoms with Crippen molar-refractivity contribution in [1.82, 2.24) is 9.88 Å². The van der Waals surface area contributed by atoms with Crippen molar-refractivity contribution in [2.24, 2.45) is 0 Å². The molecule has 1 aromatic heterocycles. The molecule has 136 valence electrons. The molecule has 1 atom stereocenters. The van der Waals surface area contributed by atoms with E-state index in [0.717, 1.165) is 12.0 Å². The Labute approximate surface area is 155 Å². The van der Waals surface area contributed by atoms with Gasteiger partial charge in [0.25, 0.3) is 5.91 Å². The molecule has 8 heteroatoms. The quantitative estimate of drug-likeness (QED) is 0.863. The van der Waals surface area contributed by atoms with Crippen molar-refractivity contribution in [3.63, 3.8) is 0 Å². The molecular weight excluding hydrogens is 352 g/mol. The van der Waals surface area contributed by atoms with Crippen LogP contribution in [0.3, 0.4) is 0 Å². The van der Waals surface area contributed by atoms with Gasteiger partial charge in [-0.1, -0.05) is 6.07 Å². The van der Waals surface area contributed by atoms with Crippen molar-refractivity contribution in [1.29, 1.82) is 0 Å². The number of carbonyl (C=O) groups excluding carboxylic acids is 3. The Kier molecular flexibility index (Phi) is 5.32. The third-order valence-corrected chi connectivity index (χ3v) is 4.96. The van der Waals surface area contributed by atoms with Crippen LogP contribution in [-0.4, -0.2) is 40.2 Å². The molecule has 2 N–H and O–H groups in total. The van der Waals surface area contributed by atoms with Crippen molar-refractivity contribution < 1.29 is 14.4 Å². The predicted molar refractivity (Wildman–Crippen MR) is 100 cm³/mol. The Morgan fingerprint density at radius 2 is 2.08 bits per heavy atom. The highest BCUT2D eigenvalue weighted by Gasteiger charge is 2.35. The highest BCUT2D eigenvalue weighted by molar-refractivity contribution is 7.13. The van der Waals surface area contributed by atoms with Gasteiger partial charge < -0.3 is 15.5 Å². The maximum absolute atomic E-state index is 12.9. The van der Waals surface area contributed by atoms with E-state index in [-0.39, 0.29) is 17.7 Å². The van der Waals surface area contributed by atoms with E-state index < -0.39 is 6.04 Å². The fourth-order valence-corrected chi connectivity index (χ4v) is 3.53. The van der Waals surface area contributed by atoms with E-state index in [2.05, 4.69) is 15.6 Å². The second-order valence-corrected chi connectivity index (χ2v) is 7.09. The molecule has 0 radical (unpaired) electrons. The minimum absolute atomic E-state index is 0.195. The molecule has 0 saturated carbocycles. The van der Waals surface area contributed by atoms with E-state index in [1.54, 1.807) is 34.7 Å². The number of thiazole rings is 1. The summed E-state index contributed by atoms with van der Waals surface area (Å²) in [6.07, 6.45) is 3.01. The lowest BCUT2D eigenvalue weighted by Gasteiger charge is -2.24. The normalized spacial score (nSPS) is 16.4. The first-order chi connectivity index (χ1) is 12.5. The van der Waals surface area contributed by atoms with Gasteiger partial charge in [0.2, 0.25) is 11.8 Å². The number of aromatic nitrogens is 1. The van der Waals surface area contributed by atoms with Crippen LogP contribution in [0, 0.1) is 6.92 Å². The molecule has 1 fully saturated rings. The number of benzene rings is 1. The second kappa shape index (κ2) is 7.65. The molecule has 2 aromatic rings. The third-order valence-electron chi connectivity index (χ3n) is 4.27. The van der Waals surface area contributed by atoms with E-state index in [4.69, 9.17) is 0 Å². The summed E-state index contributed by atoms with van der Waals surface area (Å²) < 4.78 is 0. The zero-order chi connectivity index (χ0) is 18.7. The number of aryl methyl sites for hydroxylation is 1. The van der Waals surface area contributed by atoms with Crippen LogP contribution in [0.1, 0.15) is 35.7 Å². The van der Waals surface area contributed by atoms with Gasteiger partial charge in [-0.2, -0.15) is 0 Å². The number of amides is 3. The van der Waals surface area contributed by atoms with Crippen molar-refractivity contribution in [3.05, 3.63) is 40.9 Å². The molecule has 1 unspecified atom stereocenters. The summed E-state index contributed by atoms with van der Waals surface area (Å²) in [5.41, 5.74) is 1.93. The van der Waals surface area contributed by atoms with Gasteiger partial charge in [0.05, 0.1) is 0 Å². The van der Waals surface area contributed by atoms with E-state index >= 15 is 0 Å². The summed E-state index contributed by atoms with van der Waals surface area (Å²) in [6.45, 7) is 3.81. The molecule has 1 aromatic carbocycles. The average Bonchev–Trinajstić information content (AvgIpc) is 3.27. The smallest absolute Gasteiger partial charge is 0.254 e. The molecule has 0 bridgehead atoms. The van der Waals surface area contributed by atoms with E-state index in [0.29, 0.717) is 29.3 Å². The van der Waals surface area contributed by atoms with Gasteiger partial charge in [-0.05, 0) is 37.5 Å². The first-order valence-corrected chi connectivity index (χ1v) is 9.23. The zero-order valence-corrected chi connectivity index (χ0v) is 15.4. The van der Waals surface area contributed by atoms with Gasteiger partial charge in [0.15, 0.2) is 5.13 Å². The molecule has 1 saturated heterocycles. The van der Waals surface area contributed by atoms with Crippen LogP contribution in [0.25, 0.3) is 0 Å². The second-order valence-electron chi connectivity index (χ2n) is 6.19. The number of hydrogen-bond acceptors (Lipinski definition) is 5. The number of carbonyl (C=O) groups is 3. The average molecular weight is 372 g/mol. The first-order valence-electron chi connectivity index (χ1n) is 8.35. The Balaban J connectivity index is 1.77. The first kappa shape index (κ1) is 18.1. The van der Waals surface area contributed by atoms with Crippen LogP contribution >= 0.6 is 11.3 Å². The van der Waals surface area contributed by atoms with Gasteiger partial charge in [0.1, 0.15) is 6.04 Å². The van der Waals surface area contributed by atoms with Gasteiger partial charge in [-0.3, -0.25) is 14.4 Å². The number of nitrogens with one attached hydrogen (secondary N) is 2. The summed E-state index contributed by atoms with van der Waals surface area (Å²) in [7, 11) is 0. The fraction of sp³-hybridized carbons (Fsp3) is 0.333. The fourth-order valence-electron chi connectivity index (χ4n) is 3.00. The number of rotatable bonds is 4. The van der Waals surface area contributed by atoms with E-state index in [9.17, 15) is 14.4 Å². The van der Waals surface area contributed by atoms with Crippen molar-refractivity contribution in [2.75, 3.05) is 17.2 Å². The minimum atomic E-state index is -0.517. The highest BCUT2D eigenvalue weighted by atomic mass is 32.1. The summed E-state index contributed by atoms with van der Waals surface area (Å²) in [4.78, 5) is 42.4. The highest BCUT2D eigenvalue weighted by Crippen LogP contribution is 2.24. The largest absolute Gasteiger partial charge is 0.327 e. The SMILES string of the molecule is CC(=O)Nc1cc(C(=O)N2CCCC2C(=O)Nc2nccs2)ccc1C. The maximum Gasteiger partial charge on any atom is 0.254 e. The Bertz CT molecular complexity index is 835. The van der Waals surface area contributed by atoms with E-state index in [1.807, 2.05) is 6.92 Å². The van der Waals surface area contributed by atoms with Crippen molar-refractivity contribution >= 4 is 39.9 Å². The van der Waals surface area contributed by atoms with Crippen LogP contribution in [0.4, 0.5) is 10.8 Å². The number of nitrogens with zero attached hydrogens (tertiary/aromatic N) is 2. The molecule has 7 nitrogen and oxygen atoms in total. The molecule has 1 aliphatic heterocycles. The molecule has 26 heavy (non-hydrogen) atoms. The Morgan fingerprint density at radius 3 is 2.77 bits per heavy atom. The van der Waals surface area contributed by atoms with Gasteiger partial charge in [0, 0.05) is 36.3 Å². The van der Waals surface area contributed by atoms with Gasteiger partial charge in [-0.15, -0.1) is 11.3 Å². The van der Waals surface area contributed by atoms with Gasteiger partial charge >= 0.3 is 0 Å². The minimum Gasteiger partial charge on any atom is -0.327 e. The zero-order valence-electron chi connectivity index (χ0n) is 14.6. The molecular formula is C18H20N4O3S. The molecule has 0 spiro atoms. The Hall–Kier alpha value is -2.74. The van der Waals surface area contributed by atoms with Crippen molar-refractivity contribution in [3.8, 4) is 0 Å². The van der Waals surface area contributed by atoms with Crippen LogP contribution in [0.5, 0.6) is 0 Å². The summed E-state index contributed by atoms with van der Waals surface area (Å²) >= 11 is 1.34. The standard InChI is InChI=1S/C18H20N4O3S/c1-11-5-6-13(10-14(11)20-12(2)23)17(25)22-8-3-4-15(22)16(24)21-18-19-7-9-26-18/h5-7,9-10,15H,3-4,8H2,1-2H3,(H,20,23)(H,19,21,24). The van der Waals surface area contributed by atoms with Crippen LogP contribution in [0.15, 0.2) is 29.8 Å². The summed E-state index contributed by atoms with van der Waals surface area (Å²) in [6, 6.07) is 4.65. The van der Waals surface area contributed by atoms with E-state index in [1.165, 1.54) is 18.3 Å². The topological polar surface area (TPSA) is 91.4 Å². The number of hydrogen-bond donors (Lipinski definition) is 2. The molecule has 1 aliphatic rings. The molecule has 2 heterocycles. The molecule has 0 aliphatic carbocycles. The predicted octanol–water partition coefficient (Wildman–Crippen LogP) is 2.65. The summed E-state index contributed by atoms with van der Waals surface area (Å²) in [5, 5.41) is 7.80. The number of likely N-dealkylation sites (tertiary alicyclic amines) is 1. The van der Waals surface area contributed by atoms with Crippen molar-refractivity contribution in [2.45, 2.75) is 32.7 Å². The third kappa shape index (κ3) is 3.91. The lowest BCUT2D eigenvalue weighted by atomic mass is 10.1. The van der Waals surface area contributed by atoms with Crippen LogP contribution in [0.2, 0.25) is 0 Å². The lowest BCUT2D eigenvalue weighted by molar-refractivity contribution is -0.119. The maximum atomic E-state index is 12.9. The monoisotopic (exact) mass is 372 g/mol. The van der Waals surface area contributed by atoms with Crippen LogP contribution < -0.4 is 10.6 Å². The summed E-state index contributed by atoms with van der Waals surface area (Å²) in [5.74, 6) is -0.632. The Morgan fingerprint density at radius 1 is 1.27 bits per heavy atom. The number of anilines is 2. The van der Waals surface area contributed by atoms with Gasteiger partial charge in [-0.25, -0.2) is 4.98 Å².